The summed E-state index contributed by atoms with van der Waals surface area (Å²) < 4.78 is 41.0. The fourth-order valence-corrected chi connectivity index (χ4v) is 6.01. The number of benzene rings is 1. The third-order valence-electron chi connectivity index (χ3n) is 6.70. The molecule has 10 heteroatoms. The second-order valence-corrected chi connectivity index (χ2v) is 13.2. The molecule has 4 atom stereocenters. The lowest BCUT2D eigenvalue weighted by atomic mass is 9.74. The van der Waals surface area contributed by atoms with E-state index >= 15 is 0 Å². The Hall–Kier alpha value is -1.58. The fraction of sp³-hybridized carbons (Fsp3) is 0.667. The van der Waals surface area contributed by atoms with Gasteiger partial charge in [0, 0.05) is 17.6 Å². The molecular weight excluding hydrogens is 486 g/mol. The lowest BCUT2D eigenvalue weighted by Crippen LogP contribution is -2.58. The molecule has 1 aliphatic heterocycles. The van der Waals surface area contributed by atoms with Crippen LogP contribution in [-0.2, 0) is 20.6 Å². The van der Waals surface area contributed by atoms with Gasteiger partial charge in [-0.2, -0.15) is 13.1 Å². The molecule has 2 fully saturated rings. The molecule has 1 aromatic rings. The van der Waals surface area contributed by atoms with E-state index in [9.17, 15) is 27.7 Å². The highest BCUT2D eigenvalue weighted by molar-refractivity contribution is 7.84. The minimum Gasteiger partial charge on any atom is -0.481 e. The van der Waals surface area contributed by atoms with Crippen LogP contribution in [0.3, 0.4) is 0 Å². The molecular formula is C24H33ClF2N2O4S. The van der Waals surface area contributed by atoms with Gasteiger partial charge in [-0.25, -0.2) is 4.21 Å². The number of rotatable bonds is 9. The first-order chi connectivity index (χ1) is 15.7. The SMILES string of the molecule is CC(C)(C)S(=O)N(CC(C1CC1)N1C(=O)[C@@](C)(CC(=O)O)CC[C@H]1c1ccc(Cl)cc1)C(F)F. The maximum atomic E-state index is 14.1. The van der Waals surface area contributed by atoms with Crippen molar-refractivity contribution in [1.82, 2.24) is 9.21 Å². The molecule has 1 saturated heterocycles. The summed E-state index contributed by atoms with van der Waals surface area (Å²) in [4.78, 5) is 27.1. The quantitative estimate of drug-likeness (QED) is 0.453. The number of carbonyl (C=O) groups excluding carboxylic acids is 1. The maximum Gasteiger partial charge on any atom is 0.305 e. The van der Waals surface area contributed by atoms with Crippen LogP contribution in [0.4, 0.5) is 8.78 Å². The summed E-state index contributed by atoms with van der Waals surface area (Å²) in [6.45, 7) is 3.34. The highest BCUT2D eigenvalue weighted by Gasteiger charge is 2.51. The van der Waals surface area contributed by atoms with Crippen LogP contribution in [0.1, 0.15) is 71.4 Å². The zero-order valence-corrected chi connectivity index (χ0v) is 21.5. The molecule has 1 N–H and O–H groups in total. The van der Waals surface area contributed by atoms with E-state index in [0.717, 1.165) is 18.4 Å². The maximum absolute atomic E-state index is 14.1. The summed E-state index contributed by atoms with van der Waals surface area (Å²) in [5, 5.41) is 9.99. The van der Waals surface area contributed by atoms with Crippen LogP contribution in [0, 0.1) is 11.3 Å². The summed E-state index contributed by atoms with van der Waals surface area (Å²) in [6.07, 6.45) is 2.08. The normalized spacial score (nSPS) is 25.6. The number of carbonyl (C=O) groups is 2. The Kier molecular flexibility index (Phi) is 8.10. The van der Waals surface area contributed by atoms with Gasteiger partial charge in [-0.3, -0.25) is 9.59 Å². The van der Waals surface area contributed by atoms with Gasteiger partial charge >= 0.3 is 12.5 Å². The van der Waals surface area contributed by atoms with Gasteiger partial charge in [-0.05, 0) is 70.1 Å². The number of piperidine rings is 1. The van der Waals surface area contributed by atoms with E-state index in [1.165, 1.54) is 0 Å². The highest BCUT2D eigenvalue weighted by atomic mass is 35.5. The van der Waals surface area contributed by atoms with Gasteiger partial charge in [0.15, 0.2) is 0 Å². The first-order valence-corrected chi connectivity index (χ1v) is 13.0. The predicted molar refractivity (Wildman–Crippen MR) is 128 cm³/mol. The van der Waals surface area contributed by atoms with Crippen molar-refractivity contribution in [2.45, 2.75) is 83.2 Å². The molecule has 190 valence electrons. The van der Waals surface area contributed by atoms with Gasteiger partial charge < -0.3 is 10.0 Å². The van der Waals surface area contributed by atoms with Crippen molar-refractivity contribution in [3.05, 3.63) is 34.9 Å². The van der Waals surface area contributed by atoms with Gasteiger partial charge in [-0.15, -0.1) is 0 Å². The highest BCUT2D eigenvalue weighted by Crippen LogP contribution is 2.48. The Morgan fingerprint density at radius 1 is 1.26 bits per heavy atom. The van der Waals surface area contributed by atoms with Crippen molar-refractivity contribution >= 4 is 34.5 Å². The van der Waals surface area contributed by atoms with E-state index < -0.39 is 45.7 Å². The molecule has 3 rings (SSSR count). The third-order valence-corrected chi connectivity index (χ3v) is 8.73. The summed E-state index contributed by atoms with van der Waals surface area (Å²) in [7, 11) is -1.98. The molecule has 0 radical (unpaired) electrons. The Morgan fingerprint density at radius 2 is 1.85 bits per heavy atom. The van der Waals surface area contributed by atoms with Crippen LogP contribution in [0.5, 0.6) is 0 Å². The van der Waals surface area contributed by atoms with E-state index in [1.807, 2.05) is 12.1 Å². The lowest BCUT2D eigenvalue weighted by molar-refractivity contribution is -0.160. The van der Waals surface area contributed by atoms with Gasteiger partial charge in [0.2, 0.25) is 5.91 Å². The Balaban J connectivity index is 2.04. The number of hydrogen-bond donors (Lipinski definition) is 1. The molecule has 1 saturated carbocycles. The Morgan fingerprint density at radius 3 is 2.32 bits per heavy atom. The van der Waals surface area contributed by atoms with Gasteiger partial charge in [0.05, 0.1) is 22.6 Å². The number of amides is 1. The predicted octanol–water partition coefficient (Wildman–Crippen LogP) is 5.25. The van der Waals surface area contributed by atoms with Crippen molar-refractivity contribution in [2.24, 2.45) is 11.3 Å². The largest absolute Gasteiger partial charge is 0.481 e. The smallest absolute Gasteiger partial charge is 0.305 e. The standard InChI is InChI=1S/C24H33ClF2N2O4S/c1-23(2,3)34(33)28(22(26)27)14-19(16-5-6-16)29-18(15-7-9-17(25)10-8-15)11-12-24(4,21(29)32)13-20(30)31/h7-10,16,18-19,22H,5-6,11-14H2,1-4H3,(H,30,31)/t18-,19?,24+,34?/m0/s1. The molecule has 34 heavy (non-hydrogen) atoms. The molecule has 1 amide bonds. The number of carboxylic acid groups (broad SMARTS) is 1. The molecule has 1 aromatic carbocycles. The summed E-state index contributed by atoms with van der Waals surface area (Å²) in [5.41, 5.74) is -0.317. The van der Waals surface area contributed by atoms with Crippen molar-refractivity contribution in [3.8, 4) is 0 Å². The first-order valence-electron chi connectivity index (χ1n) is 11.5. The second kappa shape index (κ2) is 10.2. The average molecular weight is 519 g/mol. The van der Waals surface area contributed by atoms with Crippen LogP contribution >= 0.6 is 11.6 Å². The zero-order chi connectivity index (χ0) is 25.4. The minimum atomic E-state index is -2.96. The summed E-state index contributed by atoms with van der Waals surface area (Å²) >= 11 is 6.05. The van der Waals surface area contributed by atoms with Gasteiger partial charge in [0.1, 0.15) is 11.0 Å². The van der Waals surface area contributed by atoms with Crippen LogP contribution in [0.15, 0.2) is 24.3 Å². The van der Waals surface area contributed by atoms with Crippen molar-refractivity contribution < 1.29 is 27.7 Å². The number of alkyl halides is 2. The molecule has 6 nitrogen and oxygen atoms in total. The Labute approximate surface area is 207 Å². The van der Waals surface area contributed by atoms with Crippen LogP contribution in [-0.4, -0.2) is 54.3 Å². The monoisotopic (exact) mass is 518 g/mol. The topological polar surface area (TPSA) is 77.9 Å². The van der Waals surface area contributed by atoms with E-state index in [0.29, 0.717) is 22.2 Å². The van der Waals surface area contributed by atoms with Crippen molar-refractivity contribution in [2.75, 3.05) is 6.54 Å². The van der Waals surface area contributed by atoms with Crippen LogP contribution in [0.25, 0.3) is 0 Å². The number of aliphatic carboxylic acids is 1. The molecule has 2 aliphatic rings. The molecule has 1 heterocycles. The Bertz CT molecular complexity index is 936. The fourth-order valence-electron chi connectivity index (χ4n) is 4.75. The molecule has 0 aromatic heterocycles. The number of carboxylic acids is 1. The van der Waals surface area contributed by atoms with Crippen LogP contribution in [0.2, 0.25) is 5.02 Å². The lowest BCUT2D eigenvalue weighted by Gasteiger charge is -2.49. The van der Waals surface area contributed by atoms with Crippen molar-refractivity contribution in [1.29, 1.82) is 0 Å². The number of nitrogens with zero attached hydrogens (tertiary/aromatic N) is 2. The van der Waals surface area contributed by atoms with E-state index in [4.69, 9.17) is 11.6 Å². The molecule has 0 spiro atoms. The zero-order valence-electron chi connectivity index (χ0n) is 20.0. The van der Waals surface area contributed by atoms with E-state index in [-0.39, 0.29) is 24.8 Å². The molecule has 0 bridgehead atoms. The average Bonchev–Trinajstić information content (AvgIpc) is 3.55. The summed E-state index contributed by atoms with van der Waals surface area (Å²) in [6, 6.07) is 6.06. The first kappa shape index (κ1) is 27.0. The number of halogens is 3. The van der Waals surface area contributed by atoms with Gasteiger partial charge in [-0.1, -0.05) is 30.7 Å². The molecule has 1 aliphatic carbocycles. The second-order valence-electron chi connectivity index (χ2n) is 10.6. The van der Waals surface area contributed by atoms with Gasteiger partial charge in [0.25, 0.3) is 0 Å². The van der Waals surface area contributed by atoms with Crippen LogP contribution < -0.4 is 0 Å². The minimum absolute atomic E-state index is 0.0100. The van der Waals surface area contributed by atoms with Crippen molar-refractivity contribution in [3.63, 3.8) is 0 Å². The third kappa shape index (κ3) is 5.97. The molecule has 2 unspecified atom stereocenters. The number of hydrogen-bond acceptors (Lipinski definition) is 3. The number of likely N-dealkylation sites (tertiary alicyclic amines) is 1. The van der Waals surface area contributed by atoms with E-state index in [1.54, 1.807) is 44.7 Å². The van der Waals surface area contributed by atoms with E-state index in [2.05, 4.69) is 0 Å². The summed E-state index contributed by atoms with van der Waals surface area (Å²) in [5.74, 6) is -1.44.